The van der Waals surface area contributed by atoms with Gasteiger partial charge in [-0.25, -0.2) is 4.79 Å². The summed E-state index contributed by atoms with van der Waals surface area (Å²) in [6.07, 6.45) is -1.68. The molecule has 2 nitrogen and oxygen atoms in total. The zero-order chi connectivity index (χ0) is 8.27. The van der Waals surface area contributed by atoms with Gasteiger partial charge >= 0.3 is 6.16 Å². The van der Waals surface area contributed by atoms with Crippen molar-refractivity contribution in [3.05, 3.63) is 30.3 Å². The molecule has 4 heteroatoms. The van der Waals surface area contributed by atoms with Crippen LogP contribution in [0.1, 0.15) is 0 Å². The maximum Gasteiger partial charge on any atom is 0.419 e. The van der Waals surface area contributed by atoms with Crippen molar-refractivity contribution in [2.24, 2.45) is 0 Å². The van der Waals surface area contributed by atoms with Crippen LogP contribution < -0.4 is 4.42 Å². The molecule has 0 atom stereocenters. The lowest BCUT2D eigenvalue weighted by molar-refractivity contribution is 0.232. The van der Waals surface area contributed by atoms with Gasteiger partial charge < -0.3 is 0 Å². The summed E-state index contributed by atoms with van der Waals surface area (Å²) in [5.74, 6) is 0. The summed E-state index contributed by atoms with van der Waals surface area (Å²) >= 11 is 5.25. The highest BCUT2D eigenvalue weighted by molar-refractivity contribution is 6.35. The predicted molar refractivity (Wildman–Crippen MR) is 41.3 cm³/mol. The molecular formula is C7H5ClFNO. The molecular weight excluding hydrogens is 169 g/mol. The molecule has 0 saturated carbocycles. The molecule has 0 N–H and O–H groups in total. The van der Waals surface area contributed by atoms with Gasteiger partial charge in [0.05, 0.1) is 5.69 Å². The Kier molecular flexibility index (Phi) is 2.44. The smallest absolute Gasteiger partial charge is 0.232 e. The second-order valence-electron chi connectivity index (χ2n) is 1.87. The van der Waals surface area contributed by atoms with E-state index >= 15 is 0 Å². The molecule has 0 saturated heterocycles. The summed E-state index contributed by atoms with van der Waals surface area (Å²) in [7, 11) is 0. The molecule has 0 aliphatic carbocycles. The van der Waals surface area contributed by atoms with Crippen LogP contribution in [0.25, 0.3) is 0 Å². The number of hydrogen-bond acceptors (Lipinski definition) is 1. The third-order valence-corrected chi connectivity index (χ3v) is 1.47. The molecule has 0 fully saturated rings. The van der Waals surface area contributed by atoms with E-state index < -0.39 is 6.16 Å². The summed E-state index contributed by atoms with van der Waals surface area (Å²) < 4.78 is 12.4. The van der Waals surface area contributed by atoms with Crippen molar-refractivity contribution >= 4 is 23.6 Å². The maximum atomic E-state index is 11.9. The quantitative estimate of drug-likeness (QED) is 0.363. The van der Waals surface area contributed by atoms with Crippen molar-refractivity contribution in [2.45, 2.75) is 0 Å². The minimum Gasteiger partial charge on any atom is -0.232 e. The summed E-state index contributed by atoms with van der Waals surface area (Å²) in [5, 5.41) is 0. The molecule has 1 rings (SSSR count). The number of nitrogens with zero attached hydrogens (tertiary/aromatic N) is 1. The number of rotatable bonds is 1. The van der Waals surface area contributed by atoms with Crippen molar-refractivity contribution in [3.63, 3.8) is 0 Å². The summed E-state index contributed by atoms with van der Waals surface area (Å²) in [5.41, 5.74) is 0.321. The van der Waals surface area contributed by atoms with Crippen LogP contribution in [0.3, 0.4) is 0 Å². The molecule has 1 aromatic carbocycles. The van der Waals surface area contributed by atoms with Crippen molar-refractivity contribution in [3.8, 4) is 0 Å². The third kappa shape index (κ3) is 1.91. The minimum absolute atomic E-state index is 0.321. The third-order valence-electron chi connectivity index (χ3n) is 1.14. The lowest BCUT2D eigenvalue weighted by Crippen LogP contribution is -2.12. The monoisotopic (exact) mass is 173 g/mol. The molecule has 0 spiro atoms. The van der Waals surface area contributed by atoms with Gasteiger partial charge in [0.25, 0.3) is 0 Å². The van der Waals surface area contributed by atoms with Crippen LogP contribution in [0.15, 0.2) is 30.3 Å². The van der Waals surface area contributed by atoms with Crippen molar-refractivity contribution in [1.82, 2.24) is 0 Å². The topological polar surface area (TPSA) is 20.3 Å². The Morgan fingerprint density at radius 1 is 1.36 bits per heavy atom. The molecule has 0 aliphatic rings. The van der Waals surface area contributed by atoms with Crippen LogP contribution in [0.4, 0.5) is 14.9 Å². The Hall–Kier alpha value is -1.09. The molecule has 1 amide bonds. The highest BCUT2D eigenvalue weighted by Crippen LogP contribution is 2.16. The van der Waals surface area contributed by atoms with E-state index in [0.717, 1.165) is 0 Å². The number of anilines is 1. The first kappa shape index (κ1) is 8.01. The van der Waals surface area contributed by atoms with E-state index in [2.05, 4.69) is 0 Å². The van der Waals surface area contributed by atoms with Gasteiger partial charge in [-0.2, -0.15) is 4.42 Å². The average Bonchev–Trinajstić information content (AvgIpc) is 2.05. The Balaban J connectivity index is 2.85. The first-order valence-corrected chi connectivity index (χ1v) is 3.26. The predicted octanol–water partition coefficient (Wildman–Crippen LogP) is 2.74. The van der Waals surface area contributed by atoms with Gasteiger partial charge in [0.2, 0.25) is 0 Å². The summed E-state index contributed by atoms with van der Waals surface area (Å²) in [6.45, 7) is 0. The SMILES string of the molecule is O=C(F)N(Cl)c1ccccc1. The van der Waals surface area contributed by atoms with E-state index in [9.17, 15) is 9.18 Å². The molecule has 11 heavy (non-hydrogen) atoms. The normalized spacial score (nSPS) is 9.27. The van der Waals surface area contributed by atoms with E-state index in [4.69, 9.17) is 11.8 Å². The lowest BCUT2D eigenvalue weighted by Gasteiger charge is -2.06. The number of benzene rings is 1. The Morgan fingerprint density at radius 3 is 2.36 bits per heavy atom. The van der Waals surface area contributed by atoms with Crippen LogP contribution in [0, 0.1) is 0 Å². The first-order chi connectivity index (χ1) is 5.22. The van der Waals surface area contributed by atoms with E-state index in [-0.39, 0.29) is 0 Å². The van der Waals surface area contributed by atoms with E-state index in [1.165, 1.54) is 12.1 Å². The minimum atomic E-state index is -1.68. The molecule has 0 radical (unpaired) electrons. The van der Waals surface area contributed by atoms with Gasteiger partial charge in [0.1, 0.15) is 0 Å². The first-order valence-electron chi connectivity index (χ1n) is 2.92. The molecule has 1 aromatic rings. The van der Waals surface area contributed by atoms with Gasteiger partial charge in [0, 0.05) is 11.8 Å². The van der Waals surface area contributed by atoms with E-state index in [1.807, 2.05) is 0 Å². The molecule has 0 unspecified atom stereocenters. The second-order valence-corrected chi connectivity index (χ2v) is 2.21. The molecule has 58 valence electrons. The molecule has 0 aromatic heterocycles. The van der Waals surface area contributed by atoms with Crippen LogP contribution in [-0.4, -0.2) is 6.16 Å². The van der Waals surface area contributed by atoms with Crippen LogP contribution >= 0.6 is 11.8 Å². The van der Waals surface area contributed by atoms with Gasteiger partial charge in [0.15, 0.2) is 0 Å². The van der Waals surface area contributed by atoms with Crippen LogP contribution in [-0.2, 0) is 0 Å². The van der Waals surface area contributed by atoms with E-state index in [0.29, 0.717) is 10.1 Å². The standard InChI is InChI=1S/C7H5ClFNO/c8-10(7(9)11)6-4-2-1-3-5-6/h1-5H. The molecule has 0 aliphatic heterocycles. The van der Waals surface area contributed by atoms with Gasteiger partial charge in [-0.3, -0.25) is 0 Å². The average molecular weight is 174 g/mol. The lowest BCUT2D eigenvalue weighted by atomic mass is 10.3. The van der Waals surface area contributed by atoms with Crippen molar-refractivity contribution in [2.75, 3.05) is 4.42 Å². The summed E-state index contributed by atoms with van der Waals surface area (Å²) in [6, 6.07) is 8.13. The number of halogens is 2. The number of carbonyl (C=O) groups excluding carboxylic acids is 1. The fourth-order valence-electron chi connectivity index (χ4n) is 0.660. The number of amides is 1. The fourth-order valence-corrected chi connectivity index (χ4v) is 0.773. The zero-order valence-electron chi connectivity index (χ0n) is 5.50. The zero-order valence-corrected chi connectivity index (χ0v) is 6.25. The number of carbonyl (C=O) groups is 1. The molecule has 0 bridgehead atoms. The van der Waals surface area contributed by atoms with E-state index in [1.54, 1.807) is 18.2 Å². The summed E-state index contributed by atoms with van der Waals surface area (Å²) in [4.78, 5) is 10.1. The van der Waals surface area contributed by atoms with Crippen LogP contribution in [0.5, 0.6) is 0 Å². The highest BCUT2D eigenvalue weighted by Gasteiger charge is 2.10. The largest absolute Gasteiger partial charge is 0.419 e. The van der Waals surface area contributed by atoms with Crippen molar-refractivity contribution in [1.29, 1.82) is 0 Å². The Bertz CT molecular complexity index is 252. The molecule has 0 heterocycles. The van der Waals surface area contributed by atoms with Gasteiger partial charge in [-0.05, 0) is 12.1 Å². The fraction of sp³-hybridized carbons (Fsp3) is 0. The second kappa shape index (κ2) is 3.34. The number of para-hydroxylation sites is 1. The number of hydrogen-bond donors (Lipinski definition) is 0. The highest BCUT2D eigenvalue weighted by atomic mass is 35.5. The maximum absolute atomic E-state index is 11.9. The van der Waals surface area contributed by atoms with Gasteiger partial charge in [-0.15, -0.1) is 4.39 Å². The van der Waals surface area contributed by atoms with Gasteiger partial charge in [-0.1, -0.05) is 18.2 Å². The Labute approximate surface area is 68.3 Å². The van der Waals surface area contributed by atoms with Crippen molar-refractivity contribution < 1.29 is 9.18 Å². The Morgan fingerprint density at radius 2 is 1.91 bits per heavy atom. The van der Waals surface area contributed by atoms with Crippen LogP contribution in [0.2, 0.25) is 0 Å².